The molecule has 0 fully saturated rings. The second kappa shape index (κ2) is 9.64. The van der Waals surface area contributed by atoms with Crippen LogP contribution in [0, 0.1) is 6.92 Å². The summed E-state index contributed by atoms with van der Waals surface area (Å²) in [6, 6.07) is 17.8. The fourth-order valence-electron chi connectivity index (χ4n) is 3.30. The smallest absolute Gasteiger partial charge is 0.268 e. The number of H-pyrrole nitrogens is 1. The molecule has 2 aromatic carbocycles. The number of aliphatic hydroxyl groups is 1. The van der Waals surface area contributed by atoms with Gasteiger partial charge in [-0.2, -0.15) is 0 Å². The van der Waals surface area contributed by atoms with E-state index in [0.29, 0.717) is 22.4 Å². The van der Waals surface area contributed by atoms with Crippen molar-refractivity contribution in [3.63, 3.8) is 0 Å². The normalized spacial score (nSPS) is 11.7. The number of benzene rings is 2. The van der Waals surface area contributed by atoms with E-state index in [0.717, 1.165) is 22.4 Å². The van der Waals surface area contributed by atoms with Crippen molar-refractivity contribution in [1.29, 1.82) is 0 Å². The number of para-hydroxylation sites is 1. The predicted octanol–water partition coefficient (Wildman–Crippen LogP) is 4.64. The predicted molar refractivity (Wildman–Crippen MR) is 125 cm³/mol. The lowest BCUT2D eigenvalue weighted by atomic mass is 10.1. The van der Waals surface area contributed by atoms with Gasteiger partial charge in [0.15, 0.2) is 0 Å². The average molecular weight is 448 g/mol. The summed E-state index contributed by atoms with van der Waals surface area (Å²) in [6.45, 7) is 1.66. The van der Waals surface area contributed by atoms with Gasteiger partial charge in [-0.1, -0.05) is 41.9 Å². The number of hydrogen-bond donors (Lipinski definition) is 4. The number of aryl methyl sites for hydroxylation is 1. The Bertz CT molecular complexity index is 1230. The Morgan fingerprint density at radius 3 is 2.72 bits per heavy atom. The number of rotatable bonds is 7. The number of carbonyl (C=O) groups excluding carboxylic acids is 1. The van der Waals surface area contributed by atoms with Gasteiger partial charge in [-0.25, -0.2) is 9.97 Å². The van der Waals surface area contributed by atoms with Crippen LogP contribution in [0.25, 0.3) is 11.3 Å². The largest absolute Gasteiger partial charge is 0.394 e. The van der Waals surface area contributed by atoms with E-state index in [2.05, 4.69) is 25.6 Å². The lowest BCUT2D eigenvalue weighted by Gasteiger charge is -2.16. The highest BCUT2D eigenvalue weighted by Gasteiger charge is 2.18. The lowest BCUT2D eigenvalue weighted by Crippen LogP contribution is -2.31. The number of nitrogens with zero attached hydrogens (tertiary/aromatic N) is 2. The molecule has 4 rings (SSSR count). The number of anilines is 2. The van der Waals surface area contributed by atoms with E-state index in [1.807, 2.05) is 37.3 Å². The molecule has 7 nitrogen and oxygen atoms in total. The summed E-state index contributed by atoms with van der Waals surface area (Å²) >= 11 is 6.03. The maximum Gasteiger partial charge on any atom is 0.268 e. The Morgan fingerprint density at radius 2 is 1.97 bits per heavy atom. The number of carbonyl (C=O) groups is 1. The van der Waals surface area contributed by atoms with Crippen molar-refractivity contribution in [1.82, 2.24) is 20.3 Å². The van der Waals surface area contributed by atoms with E-state index in [1.54, 1.807) is 42.7 Å². The number of aromatic nitrogens is 3. The van der Waals surface area contributed by atoms with Gasteiger partial charge in [-0.15, -0.1) is 0 Å². The monoisotopic (exact) mass is 447 g/mol. The van der Waals surface area contributed by atoms with Crippen molar-refractivity contribution in [3.05, 3.63) is 94.9 Å². The fraction of sp³-hybridized carbons (Fsp3) is 0.125. The summed E-state index contributed by atoms with van der Waals surface area (Å²) < 4.78 is 0. The van der Waals surface area contributed by atoms with Crippen LogP contribution in [0.4, 0.5) is 11.6 Å². The number of amides is 1. The first kappa shape index (κ1) is 21.5. The van der Waals surface area contributed by atoms with Crippen molar-refractivity contribution >= 4 is 29.1 Å². The Labute approximate surface area is 190 Å². The van der Waals surface area contributed by atoms with Gasteiger partial charge in [-0.05, 0) is 48.4 Å². The van der Waals surface area contributed by atoms with Gasteiger partial charge in [0.25, 0.3) is 5.91 Å². The summed E-state index contributed by atoms with van der Waals surface area (Å²) in [5.41, 5.74) is 4.31. The number of aliphatic hydroxyl groups excluding tert-OH is 1. The minimum absolute atomic E-state index is 0.251. The van der Waals surface area contributed by atoms with Crippen LogP contribution in [0.3, 0.4) is 0 Å². The van der Waals surface area contributed by atoms with E-state index >= 15 is 0 Å². The zero-order valence-electron chi connectivity index (χ0n) is 17.3. The minimum Gasteiger partial charge on any atom is -0.394 e. The van der Waals surface area contributed by atoms with Crippen molar-refractivity contribution in [3.8, 4) is 11.3 Å². The molecule has 4 N–H and O–H groups in total. The molecule has 0 aliphatic rings. The van der Waals surface area contributed by atoms with Crippen LogP contribution in [-0.4, -0.2) is 32.6 Å². The van der Waals surface area contributed by atoms with Crippen LogP contribution in [0.15, 0.2) is 73.1 Å². The number of halogens is 1. The summed E-state index contributed by atoms with van der Waals surface area (Å²) in [7, 11) is 0. The van der Waals surface area contributed by atoms with Crippen LogP contribution in [0.1, 0.15) is 27.7 Å². The quantitative estimate of drug-likeness (QED) is 0.330. The molecule has 32 heavy (non-hydrogen) atoms. The molecule has 0 spiro atoms. The molecule has 0 aliphatic carbocycles. The molecule has 2 heterocycles. The molecule has 162 valence electrons. The molecule has 0 unspecified atom stereocenters. The Hall–Kier alpha value is -3.68. The first-order valence-electron chi connectivity index (χ1n) is 10.0. The van der Waals surface area contributed by atoms with Crippen molar-refractivity contribution in [2.75, 3.05) is 11.9 Å². The minimum atomic E-state index is -0.574. The number of nitrogens with one attached hydrogen (secondary N) is 3. The molecule has 0 saturated heterocycles. The summed E-state index contributed by atoms with van der Waals surface area (Å²) in [5.74, 6) is 0.120. The van der Waals surface area contributed by atoms with Gasteiger partial charge in [0.1, 0.15) is 5.69 Å². The van der Waals surface area contributed by atoms with E-state index in [1.165, 1.54) is 0 Å². The zero-order chi connectivity index (χ0) is 22.5. The third-order valence-corrected chi connectivity index (χ3v) is 5.18. The summed E-state index contributed by atoms with van der Waals surface area (Å²) in [5, 5.41) is 16.3. The molecule has 0 aliphatic heterocycles. The van der Waals surface area contributed by atoms with Gasteiger partial charge < -0.3 is 20.7 Å². The Balaban J connectivity index is 1.53. The van der Waals surface area contributed by atoms with Crippen LogP contribution in [-0.2, 0) is 0 Å². The highest BCUT2D eigenvalue weighted by Crippen LogP contribution is 2.24. The average Bonchev–Trinajstić information content (AvgIpc) is 3.29. The number of hydrogen-bond acceptors (Lipinski definition) is 5. The summed E-state index contributed by atoms with van der Waals surface area (Å²) in [6.07, 6.45) is 3.46. The van der Waals surface area contributed by atoms with Gasteiger partial charge in [0.05, 0.1) is 18.3 Å². The molecular weight excluding hydrogens is 426 g/mol. The topological polar surface area (TPSA) is 103 Å². The Morgan fingerprint density at radius 1 is 1.16 bits per heavy atom. The molecule has 1 amide bonds. The highest BCUT2D eigenvalue weighted by molar-refractivity contribution is 6.30. The van der Waals surface area contributed by atoms with Gasteiger partial charge in [0, 0.05) is 28.7 Å². The SMILES string of the molecule is Cc1cnc(Nc2ccccc2)nc1-c1c[nH]c(C(=O)N[C@H](CO)c2cccc(Cl)c2)c1. The highest BCUT2D eigenvalue weighted by atomic mass is 35.5. The summed E-state index contributed by atoms with van der Waals surface area (Å²) in [4.78, 5) is 24.7. The second-order valence-electron chi connectivity index (χ2n) is 7.28. The number of aromatic amines is 1. The molecular formula is C24H22ClN5O2. The van der Waals surface area contributed by atoms with E-state index in [-0.39, 0.29) is 12.5 Å². The van der Waals surface area contributed by atoms with Gasteiger partial charge in [-0.3, -0.25) is 4.79 Å². The third kappa shape index (κ3) is 4.96. The van der Waals surface area contributed by atoms with Crippen molar-refractivity contribution in [2.24, 2.45) is 0 Å². The third-order valence-electron chi connectivity index (χ3n) is 4.94. The standard InChI is InChI=1S/C24H22ClN5O2/c1-15-12-27-24(28-19-8-3-2-4-9-19)30-22(15)17-11-20(26-13-17)23(32)29-21(14-31)16-6-5-7-18(25)10-16/h2-13,21,26,31H,14H2,1H3,(H,29,32)(H,27,28,30)/t21-/m1/s1. The van der Waals surface area contributed by atoms with Crippen molar-refractivity contribution < 1.29 is 9.90 Å². The molecule has 0 radical (unpaired) electrons. The molecule has 8 heteroatoms. The lowest BCUT2D eigenvalue weighted by molar-refractivity contribution is 0.0912. The molecule has 4 aromatic rings. The molecule has 0 bridgehead atoms. The van der Waals surface area contributed by atoms with E-state index in [9.17, 15) is 9.90 Å². The first-order valence-corrected chi connectivity index (χ1v) is 10.4. The first-order chi connectivity index (χ1) is 15.5. The van der Waals surface area contributed by atoms with E-state index < -0.39 is 6.04 Å². The van der Waals surface area contributed by atoms with Crippen LogP contribution in [0.2, 0.25) is 5.02 Å². The van der Waals surface area contributed by atoms with Gasteiger partial charge >= 0.3 is 0 Å². The van der Waals surface area contributed by atoms with Gasteiger partial charge in [0.2, 0.25) is 5.95 Å². The van der Waals surface area contributed by atoms with E-state index in [4.69, 9.17) is 11.6 Å². The fourth-order valence-corrected chi connectivity index (χ4v) is 3.50. The second-order valence-corrected chi connectivity index (χ2v) is 7.72. The van der Waals surface area contributed by atoms with Crippen LogP contribution < -0.4 is 10.6 Å². The molecule has 0 saturated carbocycles. The Kier molecular flexibility index (Phi) is 6.49. The maximum absolute atomic E-state index is 12.8. The molecule has 1 atom stereocenters. The molecule has 2 aromatic heterocycles. The van der Waals surface area contributed by atoms with Crippen LogP contribution in [0.5, 0.6) is 0 Å². The van der Waals surface area contributed by atoms with Crippen LogP contribution >= 0.6 is 11.6 Å². The maximum atomic E-state index is 12.8. The zero-order valence-corrected chi connectivity index (χ0v) is 18.1. The van der Waals surface area contributed by atoms with Crippen molar-refractivity contribution in [2.45, 2.75) is 13.0 Å².